The van der Waals surface area contributed by atoms with Crippen LogP contribution in [0.5, 0.6) is 0 Å². The third kappa shape index (κ3) is 1.96. The SMILES string of the molecule is OCc1ccc2nc(N3C[C@H]4COC[C@H]4C3)ccc2c1. The van der Waals surface area contributed by atoms with Gasteiger partial charge in [0, 0.05) is 30.3 Å². The van der Waals surface area contributed by atoms with Crippen LogP contribution in [-0.2, 0) is 11.3 Å². The maximum absolute atomic E-state index is 9.18. The summed E-state index contributed by atoms with van der Waals surface area (Å²) in [5.41, 5.74) is 1.92. The van der Waals surface area contributed by atoms with Crippen molar-refractivity contribution in [3.05, 3.63) is 35.9 Å². The molecule has 2 aromatic rings. The highest BCUT2D eigenvalue weighted by Crippen LogP contribution is 2.32. The number of fused-ring (bicyclic) bond motifs is 2. The maximum Gasteiger partial charge on any atom is 0.129 e. The zero-order chi connectivity index (χ0) is 13.5. The first-order chi connectivity index (χ1) is 9.83. The summed E-state index contributed by atoms with van der Waals surface area (Å²) in [6.07, 6.45) is 0. The normalized spacial score (nSPS) is 25.4. The largest absolute Gasteiger partial charge is 0.392 e. The van der Waals surface area contributed by atoms with E-state index in [-0.39, 0.29) is 6.61 Å². The molecule has 4 heteroatoms. The zero-order valence-electron chi connectivity index (χ0n) is 11.3. The van der Waals surface area contributed by atoms with Gasteiger partial charge in [-0.25, -0.2) is 4.98 Å². The number of hydrogen-bond donors (Lipinski definition) is 1. The van der Waals surface area contributed by atoms with Gasteiger partial charge in [0.25, 0.3) is 0 Å². The van der Waals surface area contributed by atoms with Crippen LogP contribution in [0.4, 0.5) is 5.82 Å². The Labute approximate surface area is 118 Å². The maximum atomic E-state index is 9.18. The third-order valence-corrected chi connectivity index (χ3v) is 4.49. The van der Waals surface area contributed by atoms with E-state index in [0.29, 0.717) is 11.8 Å². The minimum atomic E-state index is 0.0766. The Morgan fingerprint density at radius 2 is 1.95 bits per heavy atom. The molecule has 2 fully saturated rings. The van der Waals surface area contributed by atoms with Gasteiger partial charge in [-0.05, 0) is 29.8 Å². The monoisotopic (exact) mass is 270 g/mol. The van der Waals surface area contributed by atoms with E-state index in [1.165, 1.54) is 0 Å². The van der Waals surface area contributed by atoms with Crippen LogP contribution in [-0.4, -0.2) is 36.4 Å². The Morgan fingerprint density at radius 3 is 2.70 bits per heavy atom. The summed E-state index contributed by atoms with van der Waals surface area (Å²) in [5, 5.41) is 10.3. The van der Waals surface area contributed by atoms with E-state index in [0.717, 1.165) is 48.6 Å². The van der Waals surface area contributed by atoms with E-state index < -0.39 is 0 Å². The summed E-state index contributed by atoms with van der Waals surface area (Å²) in [5.74, 6) is 2.40. The number of aliphatic hydroxyl groups excluding tert-OH is 1. The number of benzene rings is 1. The minimum Gasteiger partial charge on any atom is -0.392 e. The first-order valence-corrected chi connectivity index (χ1v) is 7.17. The van der Waals surface area contributed by atoms with Gasteiger partial charge in [0.2, 0.25) is 0 Å². The van der Waals surface area contributed by atoms with E-state index >= 15 is 0 Å². The van der Waals surface area contributed by atoms with Gasteiger partial charge >= 0.3 is 0 Å². The van der Waals surface area contributed by atoms with Crippen LogP contribution in [0.3, 0.4) is 0 Å². The highest BCUT2D eigenvalue weighted by molar-refractivity contribution is 5.81. The number of rotatable bonds is 2. The molecule has 0 aliphatic carbocycles. The van der Waals surface area contributed by atoms with Gasteiger partial charge in [0.15, 0.2) is 0 Å². The third-order valence-electron chi connectivity index (χ3n) is 4.49. The van der Waals surface area contributed by atoms with Gasteiger partial charge in [0.05, 0.1) is 25.3 Å². The average Bonchev–Trinajstić information content (AvgIpc) is 3.07. The van der Waals surface area contributed by atoms with Gasteiger partial charge < -0.3 is 14.7 Å². The van der Waals surface area contributed by atoms with Crippen molar-refractivity contribution in [3.8, 4) is 0 Å². The van der Waals surface area contributed by atoms with Crippen LogP contribution in [0.25, 0.3) is 10.9 Å². The number of ether oxygens (including phenoxy) is 1. The molecular formula is C16H18N2O2. The molecule has 0 unspecified atom stereocenters. The number of pyridine rings is 1. The van der Waals surface area contributed by atoms with Crippen LogP contribution in [0.15, 0.2) is 30.3 Å². The van der Waals surface area contributed by atoms with Crippen molar-refractivity contribution in [2.45, 2.75) is 6.61 Å². The highest BCUT2D eigenvalue weighted by atomic mass is 16.5. The van der Waals surface area contributed by atoms with Crippen molar-refractivity contribution in [1.29, 1.82) is 0 Å². The van der Waals surface area contributed by atoms with Crippen LogP contribution >= 0.6 is 0 Å². The molecule has 2 aliphatic rings. The number of aliphatic hydroxyl groups is 1. The molecule has 2 saturated heterocycles. The fraction of sp³-hybridized carbons (Fsp3) is 0.438. The van der Waals surface area contributed by atoms with Gasteiger partial charge in [-0.15, -0.1) is 0 Å². The standard InChI is InChI=1S/C16H18N2O2/c19-8-11-1-3-15-12(5-11)2-4-16(17-15)18-6-13-9-20-10-14(13)7-18/h1-5,13-14,19H,6-10H2/t13-,14+. The second-order valence-electron chi connectivity index (χ2n) is 5.82. The van der Waals surface area contributed by atoms with Gasteiger partial charge in [0.1, 0.15) is 5.82 Å². The summed E-state index contributed by atoms with van der Waals surface area (Å²) in [7, 11) is 0. The lowest BCUT2D eigenvalue weighted by atomic mass is 10.0. The Hall–Kier alpha value is -1.65. The first-order valence-electron chi connectivity index (χ1n) is 7.17. The molecule has 0 amide bonds. The minimum absolute atomic E-state index is 0.0766. The summed E-state index contributed by atoms with van der Waals surface area (Å²) < 4.78 is 5.52. The Balaban J connectivity index is 1.64. The van der Waals surface area contributed by atoms with Gasteiger partial charge in [-0.2, -0.15) is 0 Å². The second kappa shape index (κ2) is 4.72. The lowest BCUT2D eigenvalue weighted by molar-refractivity contribution is 0.177. The van der Waals surface area contributed by atoms with Crippen molar-refractivity contribution < 1.29 is 9.84 Å². The number of nitrogens with zero attached hydrogens (tertiary/aromatic N) is 2. The molecular weight excluding hydrogens is 252 g/mol. The van der Waals surface area contributed by atoms with Crippen molar-refractivity contribution >= 4 is 16.7 Å². The molecule has 1 aromatic heterocycles. The van der Waals surface area contributed by atoms with Crippen LogP contribution in [0.2, 0.25) is 0 Å². The lowest BCUT2D eigenvalue weighted by Crippen LogP contribution is -2.23. The van der Waals surface area contributed by atoms with Crippen LogP contribution < -0.4 is 4.90 Å². The predicted octanol–water partition coefficient (Wildman–Crippen LogP) is 1.81. The Bertz CT molecular complexity index is 631. The van der Waals surface area contributed by atoms with E-state index in [2.05, 4.69) is 17.0 Å². The molecule has 4 nitrogen and oxygen atoms in total. The topological polar surface area (TPSA) is 45.6 Å². The van der Waals surface area contributed by atoms with Gasteiger partial charge in [-0.1, -0.05) is 6.07 Å². The van der Waals surface area contributed by atoms with Crippen molar-refractivity contribution in [1.82, 2.24) is 4.98 Å². The van der Waals surface area contributed by atoms with E-state index in [1.54, 1.807) is 0 Å². The second-order valence-corrected chi connectivity index (χ2v) is 5.82. The summed E-state index contributed by atoms with van der Waals surface area (Å²) in [6, 6.07) is 10.1. The number of anilines is 1. The van der Waals surface area contributed by atoms with E-state index in [1.807, 2.05) is 18.2 Å². The molecule has 0 saturated carbocycles. The molecule has 2 aliphatic heterocycles. The fourth-order valence-corrected chi connectivity index (χ4v) is 3.31. The van der Waals surface area contributed by atoms with Crippen molar-refractivity contribution in [2.75, 3.05) is 31.2 Å². The molecule has 0 radical (unpaired) electrons. The number of hydrogen-bond acceptors (Lipinski definition) is 4. The molecule has 20 heavy (non-hydrogen) atoms. The molecule has 3 heterocycles. The quantitative estimate of drug-likeness (QED) is 0.904. The highest BCUT2D eigenvalue weighted by Gasteiger charge is 2.37. The fourth-order valence-electron chi connectivity index (χ4n) is 3.31. The Kier molecular flexibility index (Phi) is 2.86. The lowest BCUT2D eigenvalue weighted by Gasteiger charge is -2.18. The van der Waals surface area contributed by atoms with E-state index in [4.69, 9.17) is 9.72 Å². The molecule has 0 spiro atoms. The first kappa shape index (κ1) is 12.1. The van der Waals surface area contributed by atoms with E-state index in [9.17, 15) is 5.11 Å². The molecule has 1 aromatic carbocycles. The Morgan fingerprint density at radius 1 is 1.15 bits per heavy atom. The summed E-state index contributed by atoms with van der Waals surface area (Å²) in [4.78, 5) is 7.14. The molecule has 0 bridgehead atoms. The predicted molar refractivity (Wildman–Crippen MR) is 77.7 cm³/mol. The zero-order valence-corrected chi connectivity index (χ0v) is 11.3. The van der Waals surface area contributed by atoms with Crippen molar-refractivity contribution in [3.63, 3.8) is 0 Å². The smallest absolute Gasteiger partial charge is 0.129 e. The average molecular weight is 270 g/mol. The molecule has 1 N–H and O–H groups in total. The number of aromatic nitrogens is 1. The van der Waals surface area contributed by atoms with Crippen LogP contribution in [0, 0.1) is 11.8 Å². The molecule has 4 rings (SSSR count). The summed E-state index contributed by atoms with van der Waals surface area (Å²) in [6.45, 7) is 3.98. The molecule has 104 valence electrons. The van der Waals surface area contributed by atoms with Crippen molar-refractivity contribution in [2.24, 2.45) is 11.8 Å². The van der Waals surface area contributed by atoms with Crippen LogP contribution in [0.1, 0.15) is 5.56 Å². The van der Waals surface area contributed by atoms with Gasteiger partial charge in [-0.3, -0.25) is 0 Å². The summed E-state index contributed by atoms with van der Waals surface area (Å²) >= 11 is 0. The molecule has 2 atom stereocenters.